The molecule has 2 saturated heterocycles. The molecular formula is C24H31N3O3. The molecule has 3 heterocycles. The maximum Gasteiger partial charge on any atom is 0.295 e. The summed E-state index contributed by atoms with van der Waals surface area (Å²) in [5.41, 5.74) is 1.21. The first-order chi connectivity index (χ1) is 14.5. The van der Waals surface area contributed by atoms with E-state index in [1.807, 2.05) is 47.6 Å². The Bertz CT molecular complexity index is 948. The summed E-state index contributed by atoms with van der Waals surface area (Å²) in [5, 5.41) is 0.736. The molecule has 0 radical (unpaired) electrons. The molecule has 0 bridgehead atoms. The maximum absolute atomic E-state index is 13.2. The van der Waals surface area contributed by atoms with Gasteiger partial charge in [-0.3, -0.25) is 14.4 Å². The predicted molar refractivity (Wildman–Crippen MR) is 116 cm³/mol. The second-order valence-electron chi connectivity index (χ2n) is 8.80. The first-order valence-electron chi connectivity index (χ1n) is 11.2. The number of likely N-dealkylation sites (tertiary alicyclic amines) is 2. The number of Topliss-reactive ketones (excluding diaryl/α,β-unsaturated/α-hetero) is 1. The van der Waals surface area contributed by atoms with Gasteiger partial charge in [0.15, 0.2) is 0 Å². The van der Waals surface area contributed by atoms with Gasteiger partial charge >= 0.3 is 0 Å². The number of carbonyl (C=O) groups is 3. The van der Waals surface area contributed by atoms with Crippen LogP contribution in [0.1, 0.15) is 62.7 Å². The zero-order valence-corrected chi connectivity index (χ0v) is 18.0. The molecule has 0 N–H and O–H groups in total. The molecule has 160 valence electrons. The lowest BCUT2D eigenvalue weighted by atomic mass is 9.96. The zero-order chi connectivity index (χ0) is 21.3. The number of fused-ring (bicyclic) bond motifs is 1. The Morgan fingerprint density at radius 2 is 1.60 bits per heavy atom. The van der Waals surface area contributed by atoms with Crippen molar-refractivity contribution in [2.45, 2.75) is 71.0 Å². The number of hydrogen-bond acceptors (Lipinski definition) is 3. The third-order valence-electron chi connectivity index (χ3n) is 6.67. The van der Waals surface area contributed by atoms with Gasteiger partial charge in [-0.05, 0) is 58.4 Å². The number of aromatic nitrogens is 1. The summed E-state index contributed by atoms with van der Waals surface area (Å²) in [5.74, 6) is -0.838. The fourth-order valence-corrected chi connectivity index (χ4v) is 5.00. The summed E-state index contributed by atoms with van der Waals surface area (Å²) in [6.45, 7) is 5.82. The lowest BCUT2D eigenvalue weighted by molar-refractivity contribution is -0.133. The van der Waals surface area contributed by atoms with Crippen LogP contribution >= 0.6 is 0 Å². The molecule has 2 aliphatic rings. The Kier molecular flexibility index (Phi) is 5.93. The molecule has 2 aromatic rings. The van der Waals surface area contributed by atoms with E-state index in [4.69, 9.17) is 0 Å². The van der Waals surface area contributed by atoms with Crippen molar-refractivity contribution in [2.75, 3.05) is 13.1 Å². The van der Waals surface area contributed by atoms with E-state index >= 15 is 0 Å². The van der Waals surface area contributed by atoms with Crippen LogP contribution in [0.3, 0.4) is 0 Å². The van der Waals surface area contributed by atoms with Crippen LogP contribution in [0.4, 0.5) is 0 Å². The summed E-state index contributed by atoms with van der Waals surface area (Å²) in [7, 11) is 0. The number of amides is 2. The quantitative estimate of drug-likeness (QED) is 0.572. The summed E-state index contributed by atoms with van der Waals surface area (Å²) in [6.07, 6.45) is 7.89. The molecule has 1 aromatic heterocycles. The molecule has 6 heteroatoms. The highest BCUT2D eigenvalue weighted by Crippen LogP contribution is 2.27. The van der Waals surface area contributed by atoms with Gasteiger partial charge in [0.2, 0.25) is 5.91 Å². The third kappa shape index (κ3) is 3.87. The van der Waals surface area contributed by atoms with E-state index < -0.39 is 11.7 Å². The Morgan fingerprint density at radius 3 is 2.30 bits per heavy atom. The van der Waals surface area contributed by atoms with Gasteiger partial charge in [0.25, 0.3) is 11.7 Å². The largest absolute Gasteiger partial charge is 0.341 e. The lowest BCUT2D eigenvalue weighted by Crippen LogP contribution is -2.50. The normalized spacial score (nSPS) is 22.3. The van der Waals surface area contributed by atoms with E-state index in [2.05, 4.69) is 0 Å². The second-order valence-corrected chi connectivity index (χ2v) is 8.80. The summed E-state index contributed by atoms with van der Waals surface area (Å²) in [4.78, 5) is 42.8. The maximum atomic E-state index is 13.2. The van der Waals surface area contributed by atoms with E-state index in [9.17, 15) is 14.4 Å². The van der Waals surface area contributed by atoms with Crippen LogP contribution in [-0.4, -0.2) is 57.1 Å². The van der Waals surface area contributed by atoms with Crippen molar-refractivity contribution < 1.29 is 14.4 Å². The van der Waals surface area contributed by atoms with E-state index in [0.29, 0.717) is 5.56 Å². The number of benzene rings is 1. The SMILES string of the molecule is C[C@@H]1CCC[C@@H](C)N1C(=O)C(=O)c1cn(CC(=O)N2CCCCC2)c2ccccc12. The van der Waals surface area contributed by atoms with E-state index in [0.717, 1.165) is 56.1 Å². The van der Waals surface area contributed by atoms with Crippen molar-refractivity contribution in [1.82, 2.24) is 14.4 Å². The molecule has 0 unspecified atom stereocenters. The number of nitrogens with zero attached hydrogens (tertiary/aromatic N) is 3. The van der Waals surface area contributed by atoms with Crippen LogP contribution in [0.2, 0.25) is 0 Å². The number of ketones is 1. The molecule has 2 fully saturated rings. The molecular weight excluding hydrogens is 378 g/mol. The van der Waals surface area contributed by atoms with Crippen molar-refractivity contribution in [2.24, 2.45) is 0 Å². The summed E-state index contributed by atoms with van der Waals surface area (Å²) in [6, 6.07) is 7.67. The van der Waals surface area contributed by atoms with Crippen molar-refractivity contribution in [1.29, 1.82) is 0 Å². The van der Waals surface area contributed by atoms with Crippen molar-refractivity contribution in [3.63, 3.8) is 0 Å². The van der Waals surface area contributed by atoms with Gasteiger partial charge in [0, 0.05) is 42.3 Å². The second kappa shape index (κ2) is 8.62. The molecule has 4 rings (SSSR count). The van der Waals surface area contributed by atoms with Crippen LogP contribution < -0.4 is 0 Å². The molecule has 2 aliphatic heterocycles. The molecule has 2 amide bonds. The van der Waals surface area contributed by atoms with Crippen molar-refractivity contribution >= 4 is 28.5 Å². The fraction of sp³-hybridized carbons (Fsp3) is 0.542. The van der Waals surface area contributed by atoms with Crippen LogP contribution in [0.15, 0.2) is 30.5 Å². The number of carbonyl (C=O) groups excluding carboxylic acids is 3. The summed E-state index contributed by atoms with van der Waals surface area (Å²) >= 11 is 0. The van der Waals surface area contributed by atoms with E-state index in [1.165, 1.54) is 6.42 Å². The van der Waals surface area contributed by atoms with Crippen LogP contribution in [-0.2, 0) is 16.1 Å². The minimum Gasteiger partial charge on any atom is -0.341 e. The number of rotatable bonds is 4. The molecule has 6 nitrogen and oxygen atoms in total. The topological polar surface area (TPSA) is 62.6 Å². The molecule has 30 heavy (non-hydrogen) atoms. The highest BCUT2D eigenvalue weighted by molar-refractivity contribution is 6.45. The monoisotopic (exact) mass is 409 g/mol. The van der Waals surface area contributed by atoms with E-state index in [-0.39, 0.29) is 24.5 Å². The summed E-state index contributed by atoms with van der Waals surface area (Å²) < 4.78 is 1.83. The minimum absolute atomic E-state index is 0.0686. The average molecular weight is 410 g/mol. The van der Waals surface area contributed by atoms with Crippen LogP contribution in [0, 0.1) is 0 Å². The first kappa shape index (κ1) is 20.6. The van der Waals surface area contributed by atoms with Crippen molar-refractivity contribution in [3.05, 3.63) is 36.0 Å². The Labute approximate surface area is 177 Å². The first-order valence-corrected chi connectivity index (χ1v) is 11.2. The Hall–Kier alpha value is -2.63. The standard InChI is InChI=1S/C24H31N3O3/c1-17-9-8-10-18(2)27(17)24(30)23(29)20-15-26(21-12-5-4-11-19(20)21)16-22(28)25-13-6-3-7-14-25/h4-5,11-12,15,17-18H,3,6-10,13-14,16H2,1-2H3/t17-,18-/m1/s1. The lowest BCUT2D eigenvalue weighted by Gasteiger charge is -2.38. The number of para-hydroxylation sites is 1. The molecule has 0 spiro atoms. The zero-order valence-electron chi connectivity index (χ0n) is 18.0. The van der Waals surface area contributed by atoms with Gasteiger partial charge in [0.05, 0.1) is 5.56 Å². The average Bonchev–Trinajstić information content (AvgIpc) is 3.12. The van der Waals surface area contributed by atoms with Gasteiger partial charge in [-0.15, -0.1) is 0 Å². The van der Waals surface area contributed by atoms with Gasteiger partial charge in [-0.1, -0.05) is 18.2 Å². The Morgan fingerprint density at radius 1 is 0.933 bits per heavy atom. The predicted octanol–water partition coefficient (Wildman–Crippen LogP) is 3.63. The molecule has 2 atom stereocenters. The molecule has 1 aromatic carbocycles. The van der Waals surface area contributed by atoms with Gasteiger partial charge < -0.3 is 14.4 Å². The number of hydrogen-bond donors (Lipinski definition) is 0. The highest BCUT2D eigenvalue weighted by atomic mass is 16.2. The van der Waals surface area contributed by atoms with Crippen LogP contribution in [0.25, 0.3) is 10.9 Å². The Balaban J connectivity index is 1.62. The molecule has 0 saturated carbocycles. The smallest absolute Gasteiger partial charge is 0.295 e. The molecule has 0 aliphatic carbocycles. The highest BCUT2D eigenvalue weighted by Gasteiger charge is 2.34. The van der Waals surface area contributed by atoms with Gasteiger partial charge in [0.1, 0.15) is 6.54 Å². The third-order valence-corrected chi connectivity index (χ3v) is 6.67. The van der Waals surface area contributed by atoms with Crippen LogP contribution in [0.5, 0.6) is 0 Å². The van der Waals surface area contributed by atoms with Crippen molar-refractivity contribution in [3.8, 4) is 0 Å². The van der Waals surface area contributed by atoms with E-state index in [1.54, 1.807) is 11.1 Å². The van der Waals surface area contributed by atoms with Gasteiger partial charge in [-0.2, -0.15) is 0 Å². The minimum atomic E-state index is -0.476. The fourth-order valence-electron chi connectivity index (χ4n) is 5.00. The van der Waals surface area contributed by atoms with Gasteiger partial charge in [-0.25, -0.2) is 0 Å². The number of piperidine rings is 2.